The molecule has 0 bridgehead atoms. The van der Waals surface area contributed by atoms with Crippen molar-refractivity contribution >= 4 is 28.5 Å². The number of aryl methyl sites for hydroxylation is 1. The Morgan fingerprint density at radius 1 is 1.42 bits per heavy atom. The Hall–Kier alpha value is -2.36. The number of hydrogen-bond donors (Lipinski definition) is 4. The Morgan fingerprint density at radius 2 is 2.15 bits per heavy atom. The first kappa shape index (κ1) is 18.4. The van der Waals surface area contributed by atoms with Crippen LogP contribution in [-0.2, 0) is 17.9 Å². The molecule has 0 spiro atoms. The average molecular weight is 380 g/mol. The van der Waals surface area contributed by atoms with Gasteiger partial charge in [-0.1, -0.05) is 12.2 Å². The number of aliphatic hydroxyl groups is 1. The van der Waals surface area contributed by atoms with Gasteiger partial charge in [0.25, 0.3) is 5.91 Å². The maximum absolute atomic E-state index is 13.3. The van der Waals surface area contributed by atoms with Gasteiger partial charge >= 0.3 is 0 Å². The van der Waals surface area contributed by atoms with Gasteiger partial charge in [-0.15, -0.1) is 0 Å². The van der Waals surface area contributed by atoms with E-state index in [0.717, 1.165) is 12.1 Å². The molecule has 1 aromatic carbocycles. The maximum Gasteiger partial charge on any atom is 0.272 e. The second-order valence-corrected chi connectivity index (χ2v) is 7.29. The summed E-state index contributed by atoms with van der Waals surface area (Å²) in [7, 11) is 0.547. The molecular formula is C17H18F2N4O2S. The summed E-state index contributed by atoms with van der Waals surface area (Å²) in [5.41, 5.74) is 0.978. The SMILES string of the molecule is CC(O)C1C=Cc2c(cn(C)c2C(=O)Nc2ccc(F)c(F)c2)S(=N)N1. The number of carbonyl (C=O) groups excluding carboxylic acids is 1. The molecule has 2 aromatic rings. The molecule has 138 valence electrons. The smallest absolute Gasteiger partial charge is 0.272 e. The Balaban J connectivity index is 1.96. The van der Waals surface area contributed by atoms with Crippen LogP contribution >= 0.6 is 0 Å². The number of aromatic nitrogens is 1. The highest BCUT2D eigenvalue weighted by Gasteiger charge is 2.25. The molecule has 0 fully saturated rings. The lowest BCUT2D eigenvalue weighted by atomic mass is 10.1. The molecule has 1 amide bonds. The normalized spacial score (nSPS) is 20.3. The van der Waals surface area contributed by atoms with Crippen molar-refractivity contribution in [1.29, 1.82) is 4.78 Å². The fourth-order valence-corrected chi connectivity index (χ4v) is 4.01. The molecule has 3 atom stereocenters. The Labute approximate surface area is 151 Å². The molecule has 3 rings (SSSR count). The molecule has 1 aliphatic heterocycles. The van der Waals surface area contributed by atoms with E-state index in [-0.39, 0.29) is 5.69 Å². The fourth-order valence-electron chi connectivity index (χ4n) is 2.69. The second-order valence-electron chi connectivity index (χ2n) is 6.00. The van der Waals surface area contributed by atoms with Crippen LogP contribution in [0.1, 0.15) is 23.0 Å². The molecular weight excluding hydrogens is 362 g/mol. The molecule has 2 heterocycles. The molecule has 0 saturated heterocycles. The van der Waals surface area contributed by atoms with E-state index in [1.54, 1.807) is 36.9 Å². The minimum atomic E-state index is -1.13. The number of hydrogen-bond acceptors (Lipinski definition) is 3. The van der Waals surface area contributed by atoms with Gasteiger partial charge in [0, 0.05) is 30.6 Å². The van der Waals surface area contributed by atoms with Crippen molar-refractivity contribution in [2.24, 2.45) is 7.05 Å². The van der Waals surface area contributed by atoms with Gasteiger partial charge in [0.2, 0.25) is 0 Å². The van der Waals surface area contributed by atoms with E-state index in [9.17, 15) is 18.7 Å². The zero-order chi connectivity index (χ0) is 19.0. The first-order chi connectivity index (χ1) is 12.3. The number of anilines is 1. The summed E-state index contributed by atoms with van der Waals surface area (Å²) >= 11 is 0. The number of fused-ring (bicyclic) bond motifs is 1. The third kappa shape index (κ3) is 3.46. The first-order valence-corrected chi connectivity index (χ1v) is 9.04. The van der Waals surface area contributed by atoms with Crippen molar-refractivity contribution in [2.75, 3.05) is 5.32 Å². The van der Waals surface area contributed by atoms with Crippen molar-refractivity contribution < 1.29 is 18.7 Å². The van der Waals surface area contributed by atoms with Gasteiger partial charge in [-0.3, -0.25) is 9.57 Å². The summed E-state index contributed by atoms with van der Waals surface area (Å²) in [4.78, 5) is 13.3. The topological polar surface area (TPSA) is 90.1 Å². The van der Waals surface area contributed by atoms with Crippen LogP contribution in [0.3, 0.4) is 0 Å². The van der Waals surface area contributed by atoms with Gasteiger partial charge in [-0.05, 0) is 29.9 Å². The monoisotopic (exact) mass is 380 g/mol. The summed E-state index contributed by atoms with van der Waals surface area (Å²) in [5, 5.41) is 12.3. The summed E-state index contributed by atoms with van der Waals surface area (Å²) < 4.78 is 39.2. The van der Waals surface area contributed by atoms with Crippen LogP contribution in [0.25, 0.3) is 6.08 Å². The van der Waals surface area contributed by atoms with Gasteiger partial charge < -0.3 is 15.0 Å². The van der Waals surface area contributed by atoms with Gasteiger partial charge in [-0.2, -0.15) is 0 Å². The van der Waals surface area contributed by atoms with E-state index in [0.29, 0.717) is 16.2 Å². The van der Waals surface area contributed by atoms with E-state index in [1.165, 1.54) is 6.07 Å². The molecule has 0 aliphatic carbocycles. The van der Waals surface area contributed by atoms with E-state index >= 15 is 0 Å². The summed E-state index contributed by atoms with van der Waals surface area (Å²) in [6, 6.07) is 2.71. The van der Waals surface area contributed by atoms with Crippen molar-refractivity contribution in [2.45, 2.75) is 24.0 Å². The van der Waals surface area contributed by atoms with Crippen LogP contribution in [0.5, 0.6) is 0 Å². The lowest BCUT2D eigenvalue weighted by Gasteiger charge is -2.16. The van der Waals surface area contributed by atoms with Crippen molar-refractivity contribution in [3.05, 3.63) is 53.4 Å². The summed E-state index contributed by atoms with van der Waals surface area (Å²) in [6.45, 7) is 1.62. The van der Waals surface area contributed by atoms with Gasteiger partial charge in [0.15, 0.2) is 11.6 Å². The first-order valence-electron chi connectivity index (χ1n) is 7.81. The average Bonchev–Trinajstić information content (AvgIpc) is 2.82. The number of halogens is 2. The number of aliphatic hydroxyl groups excluding tert-OH is 1. The predicted octanol–water partition coefficient (Wildman–Crippen LogP) is 2.58. The minimum absolute atomic E-state index is 0.131. The molecule has 1 aromatic heterocycles. The van der Waals surface area contributed by atoms with Gasteiger partial charge in [0.1, 0.15) is 5.69 Å². The molecule has 0 saturated carbocycles. The fraction of sp³-hybridized carbons (Fsp3) is 0.235. The number of benzene rings is 1. The third-order valence-electron chi connectivity index (χ3n) is 4.04. The van der Waals surface area contributed by atoms with Gasteiger partial charge in [0.05, 0.1) is 17.0 Å². The largest absolute Gasteiger partial charge is 0.391 e. The number of nitrogens with one attached hydrogen (secondary N) is 3. The second kappa shape index (κ2) is 7.10. The zero-order valence-corrected chi connectivity index (χ0v) is 14.9. The Kier molecular flexibility index (Phi) is 5.03. The summed E-state index contributed by atoms with van der Waals surface area (Å²) in [5.74, 6) is -2.55. The highest BCUT2D eigenvalue weighted by molar-refractivity contribution is 7.84. The number of rotatable bonds is 3. The third-order valence-corrected chi connectivity index (χ3v) is 5.31. The predicted molar refractivity (Wildman–Crippen MR) is 95.7 cm³/mol. The van der Waals surface area contributed by atoms with Crippen LogP contribution < -0.4 is 10.0 Å². The molecule has 0 radical (unpaired) electrons. The maximum atomic E-state index is 13.3. The van der Waals surface area contributed by atoms with Crippen molar-refractivity contribution in [1.82, 2.24) is 9.29 Å². The van der Waals surface area contributed by atoms with Crippen LogP contribution in [0.2, 0.25) is 0 Å². The van der Waals surface area contributed by atoms with Crippen LogP contribution in [-0.4, -0.2) is 27.7 Å². The Morgan fingerprint density at radius 3 is 2.81 bits per heavy atom. The molecule has 6 nitrogen and oxygen atoms in total. The lowest BCUT2D eigenvalue weighted by molar-refractivity contribution is 0.101. The minimum Gasteiger partial charge on any atom is -0.391 e. The molecule has 3 unspecified atom stereocenters. The lowest BCUT2D eigenvalue weighted by Crippen LogP contribution is -2.36. The zero-order valence-electron chi connectivity index (χ0n) is 14.1. The van der Waals surface area contributed by atoms with Crippen LogP contribution in [0, 0.1) is 16.4 Å². The molecule has 9 heteroatoms. The standard InChI is InChI=1S/C17H18F2N4O2S/c1-9(24)14-6-4-11-15(26(20)22-14)8-23(2)16(11)17(25)21-10-3-5-12(18)13(19)7-10/h3-9,14,24H,1-2H3,(H2,20,22)(H,21,25). The van der Waals surface area contributed by atoms with Crippen molar-refractivity contribution in [3.63, 3.8) is 0 Å². The van der Waals surface area contributed by atoms with Crippen LogP contribution in [0.4, 0.5) is 14.5 Å². The van der Waals surface area contributed by atoms with Crippen molar-refractivity contribution in [3.8, 4) is 0 Å². The highest BCUT2D eigenvalue weighted by atomic mass is 32.2. The van der Waals surface area contributed by atoms with Gasteiger partial charge in [-0.25, -0.2) is 13.5 Å². The summed E-state index contributed by atoms with van der Waals surface area (Å²) in [6.07, 6.45) is 4.39. The van der Waals surface area contributed by atoms with E-state index in [1.807, 2.05) is 0 Å². The van der Waals surface area contributed by atoms with E-state index in [2.05, 4.69) is 10.0 Å². The molecule has 26 heavy (non-hydrogen) atoms. The van der Waals surface area contributed by atoms with Crippen LogP contribution in [0.15, 0.2) is 35.4 Å². The molecule has 4 N–H and O–H groups in total. The van der Waals surface area contributed by atoms with E-state index < -0.39 is 40.6 Å². The number of amides is 1. The Bertz CT molecular complexity index is 924. The quantitative estimate of drug-likeness (QED) is 0.660. The molecule has 1 aliphatic rings. The van der Waals surface area contributed by atoms with E-state index in [4.69, 9.17) is 4.78 Å². The number of carbonyl (C=O) groups is 1. The number of nitrogens with zero attached hydrogens (tertiary/aromatic N) is 1. The highest BCUT2D eigenvalue weighted by Crippen LogP contribution is 2.26.